The van der Waals surface area contributed by atoms with Gasteiger partial charge in [0.2, 0.25) is 5.95 Å². The molecule has 29 heavy (non-hydrogen) atoms. The van der Waals surface area contributed by atoms with E-state index < -0.39 is 0 Å². The van der Waals surface area contributed by atoms with E-state index in [9.17, 15) is 4.79 Å². The van der Waals surface area contributed by atoms with E-state index in [4.69, 9.17) is 9.47 Å². The lowest BCUT2D eigenvalue weighted by Crippen LogP contribution is -2.38. The molecule has 1 aromatic carbocycles. The summed E-state index contributed by atoms with van der Waals surface area (Å²) in [5.41, 5.74) is 0.692. The Labute approximate surface area is 172 Å². The van der Waals surface area contributed by atoms with Crippen LogP contribution in [0.4, 0.5) is 22.2 Å². The summed E-state index contributed by atoms with van der Waals surface area (Å²) in [5, 5.41) is 6.14. The van der Waals surface area contributed by atoms with Gasteiger partial charge in [-0.3, -0.25) is 0 Å². The van der Waals surface area contributed by atoms with Gasteiger partial charge in [0.25, 0.3) is 0 Å². The van der Waals surface area contributed by atoms with Crippen LogP contribution in [0.15, 0.2) is 36.5 Å². The van der Waals surface area contributed by atoms with Crippen LogP contribution in [0.25, 0.3) is 0 Å². The minimum Gasteiger partial charge on any atom is -0.494 e. The molecule has 1 heterocycles. The first-order chi connectivity index (χ1) is 14.1. The standard InChI is InChI=1S/C21H31N5O3/c1-5-7-13-23-21(27)26(17-8-10-18(11-9-17)29-6-2)19-12-14-22-20(25-19)24-16(3)15-28-4/h8-12,14,16H,5-7,13,15H2,1-4H3,(H,23,27)(H,22,24,25). The van der Waals surface area contributed by atoms with Crippen molar-refractivity contribution in [1.82, 2.24) is 15.3 Å². The Morgan fingerprint density at radius 3 is 2.62 bits per heavy atom. The van der Waals surface area contributed by atoms with Gasteiger partial charge >= 0.3 is 6.03 Å². The molecule has 8 heteroatoms. The second-order valence-electron chi connectivity index (χ2n) is 6.59. The first-order valence-electron chi connectivity index (χ1n) is 9.98. The van der Waals surface area contributed by atoms with Gasteiger partial charge in [-0.1, -0.05) is 13.3 Å². The molecule has 2 amide bonds. The molecular weight excluding hydrogens is 370 g/mol. The Hall–Kier alpha value is -2.87. The van der Waals surface area contributed by atoms with Crippen molar-refractivity contribution < 1.29 is 14.3 Å². The molecule has 0 aliphatic carbocycles. The molecule has 2 rings (SSSR count). The number of methoxy groups -OCH3 is 1. The maximum Gasteiger partial charge on any atom is 0.327 e. The number of amides is 2. The molecule has 1 atom stereocenters. The van der Waals surface area contributed by atoms with Crippen LogP contribution in [0.5, 0.6) is 5.75 Å². The van der Waals surface area contributed by atoms with Crippen molar-refractivity contribution >= 4 is 23.5 Å². The van der Waals surface area contributed by atoms with E-state index in [0.29, 0.717) is 37.2 Å². The second kappa shape index (κ2) is 11.9. The number of carbonyl (C=O) groups is 1. The second-order valence-corrected chi connectivity index (χ2v) is 6.59. The Kier molecular flexibility index (Phi) is 9.17. The molecule has 0 radical (unpaired) electrons. The number of hydrogen-bond donors (Lipinski definition) is 2. The summed E-state index contributed by atoms with van der Waals surface area (Å²) in [5.74, 6) is 1.66. The lowest BCUT2D eigenvalue weighted by Gasteiger charge is -2.23. The minimum absolute atomic E-state index is 0.0348. The fraction of sp³-hybridized carbons (Fsp3) is 0.476. The third-order valence-corrected chi connectivity index (χ3v) is 4.08. The molecular formula is C21H31N5O3. The highest BCUT2D eigenvalue weighted by Gasteiger charge is 2.20. The van der Waals surface area contributed by atoms with Crippen LogP contribution in [0, 0.1) is 0 Å². The molecule has 0 bridgehead atoms. The lowest BCUT2D eigenvalue weighted by atomic mass is 10.2. The van der Waals surface area contributed by atoms with Crippen LogP contribution in [-0.2, 0) is 4.74 Å². The average molecular weight is 402 g/mol. The van der Waals surface area contributed by atoms with Gasteiger partial charge in [0.05, 0.1) is 18.9 Å². The van der Waals surface area contributed by atoms with Gasteiger partial charge in [0, 0.05) is 32.0 Å². The molecule has 0 fully saturated rings. The van der Waals surface area contributed by atoms with E-state index in [1.54, 1.807) is 24.3 Å². The molecule has 2 aromatic rings. The van der Waals surface area contributed by atoms with Crippen LogP contribution >= 0.6 is 0 Å². The molecule has 1 unspecified atom stereocenters. The number of aromatic nitrogens is 2. The van der Waals surface area contributed by atoms with Gasteiger partial charge < -0.3 is 20.1 Å². The van der Waals surface area contributed by atoms with Gasteiger partial charge in [-0.25, -0.2) is 14.7 Å². The Balaban J connectivity index is 2.30. The van der Waals surface area contributed by atoms with Gasteiger partial charge in [-0.15, -0.1) is 0 Å². The summed E-state index contributed by atoms with van der Waals surface area (Å²) in [4.78, 5) is 23.3. The monoisotopic (exact) mass is 401 g/mol. The number of anilines is 3. The van der Waals surface area contributed by atoms with Crippen molar-refractivity contribution in [3.8, 4) is 5.75 Å². The predicted molar refractivity (Wildman–Crippen MR) is 115 cm³/mol. The van der Waals surface area contributed by atoms with E-state index in [2.05, 4.69) is 27.5 Å². The maximum absolute atomic E-state index is 12.9. The molecule has 1 aromatic heterocycles. The smallest absolute Gasteiger partial charge is 0.327 e. The fourth-order valence-corrected chi connectivity index (χ4v) is 2.72. The van der Waals surface area contributed by atoms with Crippen LogP contribution in [-0.4, -0.2) is 48.9 Å². The van der Waals surface area contributed by atoms with Crippen molar-refractivity contribution in [2.24, 2.45) is 0 Å². The van der Waals surface area contributed by atoms with E-state index in [0.717, 1.165) is 18.6 Å². The summed E-state index contributed by atoms with van der Waals surface area (Å²) in [6.45, 7) is 7.70. The van der Waals surface area contributed by atoms with Crippen molar-refractivity contribution in [1.29, 1.82) is 0 Å². The van der Waals surface area contributed by atoms with Crippen LogP contribution in [0.1, 0.15) is 33.6 Å². The van der Waals surface area contributed by atoms with E-state index in [1.165, 1.54) is 0 Å². The number of nitrogens with one attached hydrogen (secondary N) is 2. The number of carbonyl (C=O) groups excluding carboxylic acids is 1. The van der Waals surface area contributed by atoms with Crippen molar-refractivity contribution in [3.05, 3.63) is 36.5 Å². The fourth-order valence-electron chi connectivity index (χ4n) is 2.72. The number of benzene rings is 1. The highest BCUT2D eigenvalue weighted by Crippen LogP contribution is 2.26. The lowest BCUT2D eigenvalue weighted by molar-refractivity contribution is 0.190. The summed E-state index contributed by atoms with van der Waals surface area (Å²) in [6.07, 6.45) is 3.54. The Morgan fingerprint density at radius 2 is 1.97 bits per heavy atom. The summed E-state index contributed by atoms with van der Waals surface area (Å²) >= 11 is 0. The maximum atomic E-state index is 12.9. The topological polar surface area (TPSA) is 88.6 Å². The van der Waals surface area contributed by atoms with Crippen molar-refractivity contribution in [2.75, 3.05) is 37.1 Å². The highest BCUT2D eigenvalue weighted by molar-refractivity contribution is 5.98. The third-order valence-electron chi connectivity index (χ3n) is 4.08. The zero-order valence-corrected chi connectivity index (χ0v) is 17.6. The highest BCUT2D eigenvalue weighted by atomic mass is 16.5. The van der Waals surface area contributed by atoms with Gasteiger partial charge in [0.1, 0.15) is 11.6 Å². The third kappa shape index (κ3) is 6.90. The Bertz CT molecular complexity index is 754. The van der Waals surface area contributed by atoms with Crippen molar-refractivity contribution in [3.63, 3.8) is 0 Å². The van der Waals surface area contributed by atoms with Crippen LogP contribution in [0.2, 0.25) is 0 Å². The average Bonchev–Trinajstić information content (AvgIpc) is 2.70. The molecule has 8 nitrogen and oxygen atoms in total. The van der Waals surface area contributed by atoms with E-state index >= 15 is 0 Å². The molecule has 158 valence electrons. The predicted octanol–water partition coefficient (Wildman–Crippen LogP) is 3.97. The molecule has 0 aliphatic rings. The number of ether oxygens (including phenoxy) is 2. The normalized spacial score (nSPS) is 11.6. The molecule has 0 aliphatic heterocycles. The molecule has 0 saturated carbocycles. The van der Waals surface area contributed by atoms with Gasteiger partial charge in [0.15, 0.2) is 0 Å². The number of nitrogens with zero attached hydrogens (tertiary/aromatic N) is 3. The summed E-state index contributed by atoms with van der Waals surface area (Å²) in [6, 6.07) is 8.87. The molecule has 0 saturated heterocycles. The van der Waals surface area contributed by atoms with Gasteiger partial charge in [-0.2, -0.15) is 4.98 Å². The van der Waals surface area contributed by atoms with Gasteiger partial charge in [-0.05, 0) is 44.5 Å². The van der Waals surface area contributed by atoms with Crippen LogP contribution < -0.4 is 20.3 Å². The van der Waals surface area contributed by atoms with E-state index in [1.807, 2.05) is 38.1 Å². The first-order valence-corrected chi connectivity index (χ1v) is 9.98. The zero-order chi connectivity index (χ0) is 21.1. The zero-order valence-electron chi connectivity index (χ0n) is 17.6. The number of hydrogen-bond acceptors (Lipinski definition) is 6. The van der Waals surface area contributed by atoms with E-state index in [-0.39, 0.29) is 12.1 Å². The summed E-state index contributed by atoms with van der Waals surface area (Å²) in [7, 11) is 1.64. The molecule has 0 spiro atoms. The van der Waals surface area contributed by atoms with Crippen molar-refractivity contribution in [2.45, 2.75) is 39.7 Å². The molecule has 2 N–H and O–H groups in total. The number of urea groups is 1. The Morgan fingerprint density at radius 1 is 1.21 bits per heavy atom. The van der Waals surface area contributed by atoms with Crippen LogP contribution in [0.3, 0.4) is 0 Å². The largest absolute Gasteiger partial charge is 0.494 e. The quantitative estimate of drug-likeness (QED) is 0.554. The number of rotatable bonds is 11. The minimum atomic E-state index is -0.239. The summed E-state index contributed by atoms with van der Waals surface area (Å²) < 4.78 is 10.6. The number of unbranched alkanes of at least 4 members (excludes halogenated alkanes) is 1. The first kappa shape index (κ1) is 22.4. The SMILES string of the molecule is CCCCNC(=O)N(c1ccc(OCC)cc1)c1ccnc(NC(C)COC)n1.